The van der Waals surface area contributed by atoms with Crippen LogP contribution >= 0.6 is 0 Å². The van der Waals surface area contributed by atoms with E-state index in [2.05, 4.69) is 10.6 Å². The van der Waals surface area contributed by atoms with Gasteiger partial charge in [-0.3, -0.25) is 9.59 Å². The molecular formula is C11H21N3O4. The quantitative estimate of drug-likeness (QED) is 0.593. The van der Waals surface area contributed by atoms with Crippen LogP contribution in [0, 0.1) is 5.92 Å². The summed E-state index contributed by atoms with van der Waals surface area (Å²) >= 11 is 0. The van der Waals surface area contributed by atoms with Crippen molar-refractivity contribution in [3.63, 3.8) is 0 Å². The third kappa shape index (κ3) is 6.72. The predicted octanol–water partition coefficient (Wildman–Crippen LogP) is -0.125. The molecule has 0 rings (SSSR count). The first-order valence-electron chi connectivity index (χ1n) is 5.82. The van der Waals surface area contributed by atoms with E-state index >= 15 is 0 Å². The summed E-state index contributed by atoms with van der Waals surface area (Å²) in [5.74, 6) is -1.24. The number of carboxylic acids is 1. The number of urea groups is 1. The Labute approximate surface area is 107 Å². The number of hydrogen-bond donors (Lipinski definition) is 3. The van der Waals surface area contributed by atoms with Gasteiger partial charge >= 0.3 is 12.0 Å². The van der Waals surface area contributed by atoms with Crippen molar-refractivity contribution in [3.8, 4) is 0 Å². The Hall–Kier alpha value is -1.79. The molecule has 0 aliphatic carbocycles. The summed E-state index contributed by atoms with van der Waals surface area (Å²) in [7, 11) is 3.00. The zero-order valence-corrected chi connectivity index (χ0v) is 11.0. The maximum Gasteiger partial charge on any atom is 0.317 e. The molecule has 0 spiro atoms. The van der Waals surface area contributed by atoms with E-state index in [4.69, 9.17) is 5.11 Å². The highest BCUT2D eigenvalue weighted by atomic mass is 16.4. The zero-order valence-electron chi connectivity index (χ0n) is 11.0. The van der Waals surface area contributed by atoms with E-state index in [0.717, 1.165) is 0 Å². The third-order valence-corrected chi connectivity index (χ3v) is 2.59. The first-order chi connectivity index (χ1) is 8.40. The minimum Gasteiger partial charge on any atom is -0.481 e. The summed E-state index contributed by atoms with van der Waals surface area (Å²) in [5, 5.41) is 13.7. The monoisotopic (exact) mass is 259 g/mol. The Bertz CT molecular complexity index is 307. The largest absolute Gasteiger partial charge is 0.481 e. The van der Waals surface area contributed by atoms with E-state index in [-0.39, 0.29) is 30.8 Å². The van der Waals surface area contributed by atoms with Gasteiger partial charge in [-0.15, -0.1) is 0 Å². The lowest BCUT2D eigenvalue weighted by Crippen LogP contribution is -2.44. The van der Waals surface area contributed by atoms with E-state index in [1.165, 1.54) is 19.0 Å². The van der Waals surface area contributed by atoms with Gasteiger partial charge in [0.1, 0.15) is 6.54 Å². The molecule has 0 aromatic carbocycles. The minimum atomic E-state index is -0.880. The molecule has 0 aliphatic rings. The Morgan fingerprint density at radius 1 is 1.33 bits per heavy atom. The predicted molar refractivity (Wildman–Crippen MR) is 66.1 cm³/mol. The molecule has 0 saturated carbocycles. The molecule has 0 heterocycles. The van der Waals surface area contributed by atoms with Gasteiger partial charge in [-0.05, 0) is 5.92 Å². The summed E-state index contributed by atoms with van der Waals surface area (Å²) in [6.07, 6.45) is 0.696. The Morgan fingerprint density at radius 2 is 1.94 bits per heavy atom. The second kappa shape index (κ2) is 8.32. The number of carbonyl (C=O) groups is 3. The molecule has 0 radical (unpaired) electrons. The highest BCUT2D eigenvalue weighted by molar-refractivity contribution is 5.83. The van der Waals surface area contributed by atoms with Crippen LogP contribution in [0.4, 0.5) is 4.79 Å². The number of amides is 3. The van der Waals surface area contributed by atoms with Crippen molar-refractivity contribution in [2.45, 2.75) is 19.8 Å². The SMILES string of the molecule is CCC(CNC(=O)N(C)CC(=O)NC)CC(=O)O. The van der Waals surface area contributed by atoms with Crippen molar-refractivity contribution in [2.24, 2.45) is 5.92 Å². The van der Waals surface area contributed by atoms with Gasteiger partial charge in [0.15, 0.2) is 0 Å². The maximum absolute atomic E-state index is 11.6. The fraction of sp³-hybridized carbons (Fsp3) is 0.727. The lowest BCUT2D eigenvalue weighted by Gasteiger charge is -2.19. The number of carbonyl (C=O) groups excluding carboxylic acids is 2. The fourth-order valence-electron chi connectivity index (χ4n) is 1.34. The molecule has 3 amide bonds. The van der Waals surface area contributed by atoms with Crippen LogP contribution in [0.3, 0.4) is 0 Å². The Balaban J connectivity index is 4.07. The molecule has 0 aromatic heterocycles. The number of hydrogen-bond acceptors (Lipinski definition) is 3. The lowest BCUT2D eigenvalue weighted by atomic mass is 10.0. The standard InChI is InChI=1S/C11H21N3O4/c1-4-8(5-10(16)17)6-13-11(18)14(3)7-9(15)12-2/h8H,4-7H2,1-3H3,(H,12,15)(H,13,18)(H,16,17). The van der Waals surface area contributed by atoms with Gasteiger partial charge in [0.05, 0.1) is 0 Å². The molecular weight excluding hydrogens is 238 g/mol. The Kier molecular flexibility index (Phi) is 7.50. The van der Waals surface area contributed by atoms with Gasteiger partial charge in [0.2, 0.25) is 5.91 Å². The van der Waals surface area contributed by atoms with Crippen LogP contribution in [-0.4, -0.2) is 55.1 Å². The first-order valence-corrected chi connectivity index (χ1v) is 5.82. The van der Waals surface area contributed by atoms with Crippen molar-refractivity contribution >= 4 is 17.9 Å². The number of carboxylic acid groups (broad SMARTS) is 1. The molecule has 7 heteroatoms. The molecule has 104 valence electrons. The van der Waals surface area contributed by atoms with Crippen molar-refractivity contribution in [1.82, 2.24) is 15.5 Å². The highest BCUT2D eigenvalue weighted by Gasteiger charge is 2.15. The third-order valence-electron chi connectivity index (χ3n) is 2.59. The first kappa shape index (κ1) is 16.2. The van der Waals surface area contributed by atoms with E-state index in [1.807, 2.05) is 6.92 Å². The van der Waals surface area contributed by atoms with Crippen LogP contribution in [0.15, 0.2) is 0 Å². The van der Waals surface area contributed by atoms with Crippen LogP contribution in [0.25, 0.3) is 0 Å². The van der Waals surface area contributed by atoms with Gasteiger partial charge < -0.3 is 20.6 Å². The van der Waals surface area contributed by atoms with Crippen LogP contribution < -0.4 is 10.6 Å². The maximum atomic E-state index is 11.6. The smallest absolute Gasteiger partial charge is 0.317 e. The lowest BCUT2D eigenvalue weighted by molar-refractivity contribution is -0.138. The van der Waals surface area contributed by atoms with Crippen molar-refractivity contribution in [3.05, 3.63) is 0 Å². The molecule has 7 nitrogen and oxygen atoms in total. The molecule has 1 atom stereocenters. The molecule has 3 N–H and O–H groups in total. The normalized spacial score (nSPS) is 11.5. The molecule has 0 bridgehead atoms. The van der Waals surface area contributed by atoms with E-state index in [0.29, 0.717) is 13.0 Å². The number of nitrogens with zero attached hydrogens (tertiary/aromatic N) is 1. The van der Waals surface area contributed by atoms with Crippen molar-refractivity contribution in [1.29, 1.82) is 0 Å². The number of aliphatic carboxylic acids is 1. The molecule has 0 aromatic rings. The molecule has 0 aliphatic heterocycles. The highest BCUT2D eigenvalue weighted by Crippen LogP contribution is 2.06. The van der Waals surface area contributed by atoms with Gasteiger partial charge in [0, 0.05) is 27.1 Å². The summed E-state index contributed by atoms with van der Waals surface area (Å²) in [6, 6.07) is -0.387. The topological polar surface area (TPSA) is 98.7 Å². The Morgan fingerprint density at radius 3 is 2.39 bits per heavy atom. The van der Waals surface area contributed by atoms with Gasteiger partial charge in [0.25, 0.3) is 0 Å². The van der Waals surface area contributed by atoms with Gasteiger partial charge in [-0.1, -0.05) is 13.3 Å². The minimum absolute atomic E-state index is 0.0238. The van der Waals surface area contributed by atoms with Crippen LogP contribution in [0.2, 0.25) is 0 Å². The van der Waals surface area contributed by atoms with Crippen molar-refractivity contribution < 1.29 is 19.5 Å². The average Bonchev–Trinajstić information content (AvgIpc) is 2.33. The van der Waals surface area contributed by atoms with Crippen LogP contribution in [0.1, 0.15) is 19.8 Å². The van der Waals surface area contributed by atoms with E-state index in [9.17, 15) is 14.4 Å². The summed E-state index contributed by atoms with van der Waals surface area (Å²) in [6.45, 7) is 2.13. The van der Waals surface area contributed by atoms with E-state index < -0.39 is 5.97 Å². The van der Waals surface area contributed by atoms with Crippen LogP contribution in [0.5, 0.6) is 0 Å². The summed E-state index contributed by atoms with van der Waals surface area (Å²) < 4.78 is 0. The zero-order chi connectivity index (χ0) is 14.1. The second-order valence-corrected chi connectivity index (χ2v) is 4.09. The van der Waals surface area contributed by atoms with Gasteiger partial charge in [-0.25, -0.2) is 4.79 Å². The van der Waals surface area contributed by atoms with Crippen molar-refractivity contribution in [2.75, 3.05) is 27.2 Å². The van der Waals surface area contributed by atoms with Gasteiger partial charge in [-0.2, -0.15) is 0 Å². The molecule has 0 saturated heterocycles. The average molecular weight is 259 g/mol. The molecule has 1 unspecified atom stereocenters. The number of nitrogens with one attached hydrogen (secondary N) is 2. The molecule has 0 fully saturated rings. The summed E-state index contributed by atoms with van der Waals surface area (Å²) in [4.78, 5) is 34.4. The summed E-state index contributed by atoms with van der Waals surface area (Å²) in [5.41, 5.74) is 0. The second-order valence-electron chi connectivity index (χ2n) is 4.09. The van der Waals surface area contributed by atoms with E-state index in [1.54, 1.807) is 0 Å². The fourth-order valence-corrected chi connectivity index (χ4v) is 1.34. The molecule has 18 heavy (non-hydrogen) atoms. The van der Waals surface area contributed by atoms with Crippen LogP contribution in [-0.2, 0) is 9.59 Å². The number of rotatable bonds is 7. The number of likely N-dealkylation sites (N-methyl/N-ethyl adjacent to an activating group) is 2.